The summed E-state index contributed by atoms with van der Waals surface area (Å²) in [6.45, 7) is 6.70. The molecule has 0 spiro atoms. The Hall–Kier alpha value is -0.160. The molecule has 0 saturated carbocycles. The fourth-order valence-corrected chi connectivity index (χ4v) is 2.21. The molecule has 0 radical (unpaired) electrons. The van der Waals surface area contributed by atoms with Crippen molar-refractivity contribution in [3.05, 3.63) is 0 Å². The predicted molar refractivity (Wildman–Crippen MR) is 60.7 cm³/mol. The van der Waals surface area contributed by atoms with Gasteiger partial charge < -0.3 is 20.9 Å². The van der Waals surface area contributed by atoms with E-state index in [4.69, 9.17) is 15.6 Å². The molecule has 1 fully saturated rings. The molecule has 1 rings (SSSR count). The van der Waals surface area contributed by atoms with E-state index in [0.717, 1.165) is 26.1 Å². The van der Waals surface area contributed by atoms with Crippen LogP contribution in [0.2, 0.25) is 0 Å². The van der Waals surface area contributed by atoms with Gasteiger partial charge in [0.1, 0.15) is 0 Å². The van der Waals surface area contributed by atoms with Gasteiger partial charge in [0.2, 0.25) is 0 Å². The molecule has 4 N–H and O–H groups in total. The first-order chi connectivity index (χ1) is 7.12. The van der Waals surface area contributed by atoms with Crippen molar-refractivity contribution < 1.29 is 9.84 Å². The largest absolute Gasteiger partial charge is 0.396 e. The number of aliphatic hydroxyl groups is 1. The highest BCUT2D eigenvalue weighted by Crippen LogP contribution is 2.25. The molecule has 3 unspecified atom stereocenters. The van der Waals surface area contributed by atoms with Crippen LogP contribution in [-0.2, 0) is 4.74 Å². The molecule has 0 aromatic rings. The number of ether oxygens (including phenoxy) is 1. The lowest BCUT2D eigenvalue weighted by molar-refractivity contribution is 0.145. The Bertz CT molecular complexity index is 183. The van der Waals surface area contributed by atoms with Gasteiger partial charge in [-0.1, -0.05) is 0 Å². The molecule has 0 aromatic carbocycles. The first-order valence-electron chi connectivity index (χ1n) is 5.78. The molecule has 0 aromatic heterocycles. The smallest absolute Gasteiger partial charge is 0.0513 e. The van der Waals surface area contributed by atoms with Crippen molar-refractivity contribution >= 4 is 0 Å². The molecule has 15 heavy (non-hydrogen) atoms. The van der Waals surface area contributed by atoms with Crippen molar-refractivity contribution in [2.75, 3.05) is 26.4 Å². The lowest BCUT2D eigenvalue weighted by Crippen LogP contribution is -2.57. The molecule has 4 nitrogen and oxygen atoms in total. The van der Waals surface area contributed by atoms with Gasteiger partial charge in [-0.25, -0.2) is 0 Å². The minimum Gasteiger partial charge on any atom is -0.396 e. The second kappa shape index (κ2) is 5.80. The summed E-state index contributed by atoms with van der Waals surface area (Å²) in [6, 6.07) is 0.296. The minimum atomic E-state index is -0.0644. The molecular weight excluding hydrogens is 192 g/mol. The summed E-state index contributed by atoms with van der Waals surface area (Å²) >= 11 is 0. The Morgan fingerprint density at radius 1 is 1.67 bits per heavy atom. The van der Waals surface area contributed by atoms with Crippen molar-refractivity contribution in [2.45, 2.75) is 38.3 Å². The lowest BCUT2D eigenvalue weighted by Gasteiger charge is -2.37. The molecule has 0 amide bonds. The average Bonchev–Trinajstić information content (AvgIpc) is 2.71. The van der Waals surface area contributed by atoms with Gasteiger partial charge in [0.25, 0.3) is 0 Å². The maximum atomic E-state index is 8.88. The molecule has 4 heteroatoms. The zero-order chi connectivity index (χ0) is 11.3. The van der Waals surface area contributed by atoms with E-state index >= 15 is 0 Å². The first-order valence-corrected chi connectivity index (χ1v) is 5.78. The molecule has 0 aliphatic carbocycles. The van der Waals surface area contributed by atoms with E-state index in [1.807, 2.05) is 0 Å². The van der Waals surface area contributed by atoms with Gasteiger partial charge in [0, 0.05) is 37.3 Å². The SMILES string of the molecule is CC(CCO)NC(C)(CN)C1CCOC1. The zero-order valence-corrected chi connectivity index (χ0v) is 9.83. The summed E-state index contributed by atoms with van der Waals surface area (Å²) in [7, 11) is 0. The van der Waals surface area contributed by atoms with Crippen molar-refractivity contribution in [3.63, 3.8) is 0 Å². The van der Waals surface area contributed by atoms with E-state index in [9.17, 15) is 0 Å². The molecule has 1 aliphatic rings. The van der Waals surface area contributed by atoms with Crippen LogP contribution in [0.15, 0.2) is 0 Å². The van der Waals surface area contributed by atoms with E-state index in [1.165, 1.54) is 0 Å². The van der Waals surface area contributed by atoms with Crippen LogP contribution in [0.3, 0.4) is 0 Å². The average molecular weight is 216 g/mol. The van der Waals surface area contributed by atoms with Crippen LogP contribution in [0.25, 0.3) is 0 Å². The van der Waals surface area contributed by atoms with Crippen molar-refractivity contribution in [1.82, 2.24) is 5.32 Å². The Labute approximate surface area is 92.2 Å². The summed E-state index contributed by atoms with van der Waals surface area (Å²) in [6.07, 6.45) is 1.84. The van der Waals surface area contributed by atoms with Crippen LogP contribution in [-0.4, -0.2) is 43.1 Å². The van der Waals surface area contributed by atoms with Crippen LogP contribution < -0.4 is 11.1 Å². The summed E-state index contributed by atoms with van der Waals surface area (Å²) in [5.74, 6) is 0.489. The molecule has 90 valence electrons. The molecule has 3 atom stereocenters. The maximum absolute atomic E-state index is 8.88. The fourth-order valence-electron chi connectivity index (χ4n) is 2.21. The van der Waals surface area contributed by atoms with Crippen LogP contribution >= 0.6 is 0 Å². The highest BCUT2D eigenvalue weighted by Gasteiger charge is 2.36. The topological polar surface area (TPSA) is 67.5 Å². The quantitative estimate of drug-likeness (QED) is 0.589. The highest BCUT2D eigenvalue weighted by atomic mass is 16.5. The molecule has 1 aliphatic heterocycles. The fraction of sp³-hybridized carbons (Fsp3) is 1.00. The Kier molecular flexibility index (Phi) is 4.99. The Balaban J connectivity index is 2.50. The predicted octanol–water partition coefficient (Wildman–Crippen LogP) is 0.101. The van der Waals surface area contributed by atoms with E-state index in [-0.39, 0.29) is 12.1 Å². The lowest BCUT2D eigenvalue weighted by atomic mass is 9.84. The minimum absolute atomic E-state index is 0.0644. The number of aliphatic hydroxyl groups excluding tert-OH is 1. The number of nitrogens with one attached hydrogen (secondary N) is 1. The maximum Gasteiger partial charge on any atom is 0.0513 e. The molecular formula is C11H24N2O2. The van der Waals surface area contributed by atoms with Gasteiger partial charge in [-0.05, 0) is 26.7 Å². The van der Waals surface area contributed by atoms with Crippen molar-refractivity contribution in [2.24, 2.45) is 11.7 Å². The van der Waals surface area contributed by atoms with Crippen LogP contribution in [0, 0.1) is 5.92 Å². The van der Waals surface area contributed by atoms with E-state index in [2.05, 4.69) is 19.2 Å². The van der Waals surface area contributed by atoms with Gasteiger partial charge in [-0.15, -0.1) is 0 Å². The van der Waals surface area contributed by atoms with Gasteiger partial charge in [0.05, 0.1) is 6.61 Å². The Morgan fingerprint density at radius 3 is 2.87 bits per heavy atom. The highest BCUT2D eigenvalue weighted by molar-refractivity contribution is 4.94. The normalized spacial score (nSPS) is 27.6. The summed E-state index contributed by atoms with van der Waals surface area (Å²) in [4.78, 5) is 0. The number of hydrogen-bond donors (Lipinski definition) is 3. The first kappa shape index (κ1) is 12.9. The van der Waals surface area contributed by atoms with E-state index in [1.54, 1.807) is 0 Å². The third-order valence-corrected chi connectivity index (χ3v) is 3.39. The van der Waals surface area contributed by atoms with Crippen LogP contribution in [0.5, 0.6) is 0 Å². The van der Waals surface area contributed by atoms with Gasteiger partial charge >= 0.3 is 0 Å². The number of rotatable bonds is 6. The second-order valence-electron chi connectivity index (χ2n) is 4.74. The molecule has 0 bridgehead atoms. The summed E-state index contributed by atoms with van der Waals surface area (Å²) in [5, 5.41) is 12.4. The van der Waals surface area contributed by atoms with Crippen LogP contribution in [0.4, 0.5) is 0 Å². The Morgan fingerprint density at radius 2 is 2.40 bits per heavy atom. The third kappa shape index (κ3) is 3.41. The standard InChI is InChI=1S/C11H24N2O2/c1-9(3-5-14)13-11(2,8-12)10-4-6-15-7-10/h9-10,13-14H,3-8,12H2,1-2H3. The number of nitrogens with two attached hydrogens (primary N) is 1. The van der Waals surface area contributed by atoms with Crippen LogP contribution in [0.1, 0.15) is 26.7 Å². The molecule has 1 heterocycles. The summed E-state index contributed by atoms with van der Waals surface area (Å²) < 4.78 is 5.40. The molecule has 1 saturated heterocycles. The van der Waals surface area contributed by atoms with E-state index in [0.29, 0.717) is 18.5 Å². The van der Waals surface area contributed by atoms with E-state index < -0.39 is 0 Å². The van der Waals surface area contributed by atoms with Gasteiger partial charge in [-0.2, -0.15) is 0 Å². The second-order valence-corrected chi connectivity index (χ2v) is 4.74. The van der Waals surface area contributed by atoms with Crippen molar-refractivity contribution in [1.29, 1.82) is 0 Å². The monoisotopic (exact) mass is 216 g/mol. The zero-order valence-electron chi connectivity index (χ0n) is 9.83. The number of hydrogen-bond acceptors (Lipinski definition) is 4. The third-order valence-electron chi connectivity index (χ3n) is 3.39. The van der Waals surface area contributed by atoms with Gasteiger partial charge in [0.15, 0.2) is 0 Å². The van der Waals surface area contributed by atoms with Gasteiger partial charge in [-0.3, -0.25) is 0 Å². The van der Waals surface area contributed by atoms with Crippen molar-refractivity contribution in [3.8, 4) is 0 Å². The summed E-state index contributed by atoms with van der Waals surface area (Å²) in [5.41, 5.74) is 5.79.